The Morgan fingerprint density at radius 1 is 0.708 bits per heavy atom. The summed E-state index contributed by atoms with van der Waals surface area (Å²) in [5, 5.41) is 8.59. The predicted octanol–water partition coefficient (Wildman–Crippen LogP) is 5.50. The van der Waals surface area contributed by atoms with Gasteiger partial charge < -0.3 is 5.11 Å². The minimum absolute atomic E-state index is 0.337. The Bertz CT molecular complexity index is 366. The first kappa shape index (κ1) is 23.9. The van der Waals surface area contributed by atoms with Gasteiger partial charge in [0.05, 0.1) is 11.4 Å². The second-order valence-electron chi connectivity index (χ2n) is 7.24. The van der Waals surface area contributed by atoms with Crippen molar-refractivity contribution in [3.05, 3.63) is 0 Å². The Hall–Kier alpha value is -0.130. The van der Waals surface area contributed by atoms with Gasteiger partial charge in [-0.05, 0) is 26.2 Å². The van der Waals surface area contributed by atoms with Gasteiger partial charge in [0.1, 0.15) is 0 Å². The van der Waals surface area contributed by atoms with Crippen LogP contribution in [-0.2, 0) is 10.1 Å². The summed E-state index contributed by atoms with van der Waals surface area (Å²) in [5.41, 5.74) is 0. The fraction of sp³-hybridized carbons (Fsp3) is 1.00. The molecule has 2 N–H and O–H groups in total. The maximum Gasteiger partial charge on any atom is 0.267 e. The van der Waals surface area contributed by atoms with Crippen molar-refractivity contribution in [2.75, 3.05) is 0 Å². The summed E-state index contributed by atoms with van der Waals surface area (Å²) >= 11 is 0. The third kappa shape index (κ3) is 15.4. The van der Waals surface area contributed by atoms with E-state index in [0.717, 1.165) is 32.1 Å². The lowest BCUT2D eigenvalue weighted by molar-refractivity contribution is 0.180. The summed E-state index contributed by atoms with van der Waals surface area (Å²) in [5.74, 6) is 0. The van der Waals surface area contributed by atoms with Crippen molar-refractivity contribution < 1.29 is 18.1 Å². The largest absolute Gasteiger partial charge is 0.393 e. The van der Waals surface area contributed by atoms with Gasteiger partial charge in [-0.1, -0.05) is 84.0 Å². The third-order valence-electron chi connectivity index (χ3n) is 4.70. The van der Waals surface area contributed by atoms with Crippen LogP contribution in [0.3, 0.4) is 0 Å². The van der Waals surface area contributed by atoms with Crippen LogP contribution in [0.2, 0.25) is 0 Å². The molecule has 0 aromatic carbocycles. The number of aliphatic hydroxyl groups is 1. The smallest absolute Gasteiger partial charge is 0.267 e. The number of hydrogen-bond donors (Lipinski definition) is 2. The normalized spacial score (nSPS) is 14.7. The molecule has 4 nitrogen and oxygen atoms in total. The van der Waals surface area contributed by atoms with E-state index in [2.05, 4.69) is 6.92 Å². The first-order valence-electron chi connectivity index (χ1n) is 10.0. The number of rotatable bonds is 17. The van der Waals surface area contributed by atoms with Crippen LogP contribution in [0.5, 0.6) is 0 Å². The van der Waals surface area contributed by atoms with Gasteiger partial charge in [0, 0.05) is 0 Å². The topological polar surface area (TPSA) is 74.6 Å². The molecule has 0 aromatic rings. The second kappa shape index (κ2) is 15.2. The van der Waals surface area contributed by atoms with Crippen LogP contribution in [0.15, 0.2) is 0 Å². The maximum atomic E-state index is 11.5. The van der Waals surface area contributed by atoms with Crippen LogP contribution in [0.25, 0.3) is 0 Å². The Morgan fingerprint density at radius 2 is 1.08 bits per heavy atom. The van der Waals surface area contributed by atoms with Gasteiger partial charge in [-0.3, -0.25) is 4.55 Å². The first-order chi connectivity index (χ1) is 11.4. The molecule has 146 valence electrons. The lowest BCUT2D eigenvalue weighted by atomic mass is 10.0. The lowest BCUT2D eigenvalue weighted by Gasteiger charge is -2.14. The van der Waals surface area contributed by atoms with E-state index in [0.29, 0.717) is 19.3 Å². The van der Waals surface area contributed by atoms with E-state index < -0.39 is 15.4 Å². The van der Waals surface area contributed by atoms with Gasteiger partial charge in [-0.15, -0.1) is 0 Å². The molecule has 0 spiro atoms. The van der Waals surface area contributed by atoms with Gasteiger partial charge in [-0.2, -0.15) is 8.42 Å². The average Bonchev–Trinajstić information content (AvgIpc) is 2.49. The van der Waals surface area contributed by atoms with Crippen molar-refractivity contribution in [1.29, 1.82) is 0 Å². The van der Waals surface area contributed by atoms with Crippen LogP contribution in [-0.4, -0.2) is 29.4 Å². The average molecular weight is 365 g/mol. The number of unbranched alkanes of at least 4 members (excludes halogenated alkanes) is 10. The molecule has 0 saturated carbocycles. The molecule has 2 unspecified atom stereocenters. The van der Waals surface area contributed by atoms with Crippen molar-refractivity contribution in [2.45, 2.75) is 122 Å². The SMILES string of the molecule is CCCCCCCCCCCCC(CCCCC(C)O)S(=O)(=O)O. The Kier molecular flexibility index (Phi) is 15.1. The summed E-state index contributed by atoms with van der Waals surface area (Å²) in [4.78, 5) is 0. The van der Waals surface area contributed by atoms with Crippen LogP contribution in [0.4, 0.5) is 0 Å². The van der Waals surface area contributed by atoms with Crippen molar-refractivity contribution in [3.8, 4) is 0 Å². The summed E-state index contributed by atoms with van der Waals surface area (Å²) in [7, 11) is -3.94. The molecule has 0 amide bonds. The molecule has 0 saturated heterocycles. The van der Waals surface area contributed by atoms with Crippen molar-refractivity contribution in [3.63, 3.8) is 0 Å². The minimum atomic E-state index is -3.94. The van der Waals surface area contributed by atoms with E-state index in [1.165, 1.54) is 44.9 Å². The van der Waals surface area contributed by atoms with E-state index in [-0.39, 0.29) is 6.10 Å². The van der Waals surface area contributed by atoms with Gasteiger partial charge in [0.25, 0.3) is 10.1 Å². The highest BCUT2D eigenvalue weighted by Crippen LogP contribution is 2.19. The Labute approximate surface area is 150 Å². The van der Waals surface area contributed by atoms with Gasteiger partial charge in [0.15, 0.2) is 0 Å². The molecule has 0 fully saturated rings. The molecule has 0 radical (unpaired) electrons. The van der Waals surface area contributed by atoms with E-state index in [9.17, 15) is 18.1 Å². The third-order valence-corrected chi connectivity index (χ3v) is 6.01. The Morgan fingerprint density at radius 3 is 1.50 bits per heavy atom. The molecule has 0 aliphatic heterocycles. The number of aliphatic hydroxyl groups excluding tert-OH is 1. The van der Waals surface area contributed by atoms with Crippen molar-refractivity contribution >= 4 is 10.1 Å². The molecule has 24 heavy (non-hydrogen) atoms. The minimum Gasteiger partial charge on any atom is -0.393 e. The van der Waals surface area contributed by atoms with Gasteiger partial charge in [0.2, 0.25) is 0 Å². The number of hydrogen-bond acceptors (Lipinski definition) is 3. The van der Waals surface area contributed by atoms with Crippen LogP contribution in [0, 0.1) is 0 Å². The van der Waals surface area contributed by atoms with Crippen molar-refractivity contribution in [2.24, 2.45) is 0 Å². The van der Waals surface area contributed by atoms with E-state index in [4.69, 9.17) is 0 Å². The van der Waals surface area contributed by atoms with Crippen LogP contribution >= 0.6 is 0 Å². The fourth-order valence-corrected chi connectivity index (χ4v) is 4.04. The van der Waals surface area contributed by atoms with Gasteiger partial charge in [-0.25, -0.2) is 0 Å². The Balaban J connectivity index is 3.69. The van der Waals surface area contributed by atoms with E-state index >= 15 is 0 Å². The zero-order valence-corrected chi connectivity index (χ0v) is 16.7. The monoisotopic (exact) mass is 364 g/mol. The summed E-state index contributed by atoms with van der Waals surface area (Å²) < 4.78 is 32.3. The molecule has 0 heterocycles. The zero-order chi connectivity index (χ0) is 18.3. The molecule has 0 aliphatic carbocycles. The quantitative estimate of drug-likeness (QED) is 0.264. The zero-order valence-electron chi connectivity index (χ0n) is 15.9. The summed E-state index contributed by atoms with van der Waals surface area (Å²) in [6, 6.07) is 0. The van der Waals surface area contributed by atoms with Crippen molar-refractivity contribution in [1.82, 2.24) is 0 Å². The van der Waals surface area contributed by atoms with Crippen LogP contribution in [0.1, 0.15) is 110 Å². The fourth-order valence-electron chi connectivity index (χ4n) is 3.11. The molecule has 0 aliphatic rings. The molecular weight excluding hydrogens is 324 g/mol. The second-order valence-corrected chi connectivity index (χ2v) is 8.94. The highest BCUT2D eigenvalue weighted by molar-refractivity contribution is 7.86. The predicted molar refractivity (Wildman–Crippen MR) is 102 cm³/mol. The highest BCUT2D eigenvalue weighted by Gasteiger charge is 2.21. The first-order valence-corrected chi connectivity index (χ1v) is 11.5. The molecule has 0 bridgehead atoms. The standard InChI is InChI=1S/C19H40O4S/c1-3-4-5-6-7-8-9-10-11-12-16-19(24(21,22)23)17-14-13-15-18(2)20/h18-20H,3-17H2,1-2H3,(H,21,22,23). The lowest BCUT2D eigenvalue weighted by Crippen LogP contribution is -2.20. The molecular formula is C19H40O4S. The molecule has 0 aromatic heterocycles. The molecule has 2 atom stereocenters. The molecule has 5 heteroatoms. The maximum absolute atomic E-state index is 11.5. The van der Waals surface area contributed by atoms with E-state index in [1.807, 2.05) is 0 Å². The highest BCUT2D eigenvalue weighted by atomic mass is 32.2. The van der Waals surface area contributed by atoms with Crippen LogP contribution < -0.4 is 0 Å². The molecule has 0 rings (SSSR count). The van der Waals surface area contributed by atoms with E-state index in [1.54, 1.807) is 6.92 Å². The summed E-state index contributed by atoms with van der Waals surface area (Å²) in [6.07, 6.45) is 15.2. The van der Waals surface area contributed by atoms with Gasteiger partial charge >= 0.3 is 0 Å². The summed E-state index contributed by atoms with van der Waals surface area (Å²) in [6.45, 7) is 3.97.